The van der Waals surface area contributed by atoms with Crippen LogP contribution >= 0.6 is 0 Å². The van der Waals surface area contributed by atoms with Crippen LogP contribution in [0.3, 0.4) is 0 Å². The number of hydrogen-bond acceptors (Lipinski definition) is 10. The summed E-state index contributed by atoms with van der Waals surface area (Å²) >= 11 is 0. The molecule has 9 N–H and O–H groups in total. The Morgan fingerprint density at radius 2 is 1.48 bits per heavy atom. The molecular formula is C13H26N2O8. The van der Waals surface area contributed by atoms with Crippen LogP contribution in [0.15, 0.2) is 0 Å². The Morgan fingerprint density at radius 1 is 0.870 bits per heavy atom. The fourth-order valence-electron chi connectivity index (χ4n) is 2.86. The second-order valence-electron chi connectivity index (χ2n) is 6.01. The largest absolute Gasteiger partial charge is 0.394 e. The van der Waals surface area contributed by atoms with Crippen LogP contribution in [0.2, 0.25) is 0 Å². The Hall–Kier alpha value is -0.400. The summed E-state index contributed by atoms with van der Waals surface area (Å²) in [5, 5.41) is 48.5. The van der Waals surface area contributed by atoms with Crippen molar-refractivity contribution in [3.05, 3.63) is 0 Å². The van der Waals surface area contributed by atoms with E-state index in [-0.39, 0.29) is 0 Å². The summed E-state index contributed by atoms with van der Waals surface area (Å²) in [4.78, 5) is 0. The Kier molecular flexibility index (Phi) is 6.30. The zero-order valence-electron chi connectivity index (χ0n) is 12.8. The first-order valence-electron chi connectivity index (χ1n) is 7.55. The molecule has 2 aliphatic rings. The van der Waals surface area contributed by atoms with Gasteiger partial charge in [-0.15, -0.1) is 0 Å². The lowest BCUT2D eigenvalue weighted by Gasteiger charge is -2.46. The molecule has 0 saturated carbocycles. The maximum atomic E-state index is 10.3. The molecule has 23 heavy (non-hydrogen) atoms. The quantitative estimate of drug-likeness (QED) is 0.264. The van der Waals surface area contributed by atoms with Gasteiger partial charge in [0.1, 0.15) is 36.6 Å². The summed E-state index contributed by atoms with van der Waals surface area (Å²) in [6.45, 7) is 0.696. The fraction of sp³-hybridized carbons (Fsp3) is 1.00. The maximum Gasteiger partial charge on any atom is 0.176 e. The summed E-state index contributed by atoms with van der Waals surface area (Å²) in [6, 6.07) is -1.86. The highest BCUT2D eigenvalue weighted by atomic mass is 16.7. The number of aliphatic hydroxyl groups excluding tert-OH is 5. The molecule has 2 aliphatic heterocycles. The van der Waals surface area contributed by atoms with Crippen LogP contribution < -0.4 is 11.5 Å². The van der Waals surface area contributed by atoms with Gasteiger partial charge in [0.15, 0.2) is 6.29 Å². The third-order valence-corrected chi connectivity index (χ3v) is 4.43. The van der Waals surface area contributed by atoms with Gasteiger partial charge in [0, 0.05) is 0 Å². The lowest BCUT2D eigenvalue weighted by atomic mass is 9.93. The van der Waals surface area contributed by atoms with Gasteiger partial charge in [0.05, 0.1) is 31.4 Å². The molecule has 0 aromatic carbocycles. The molecular weight excluding hydrogens is 312 g/mol. The van der Waals surface area contributed by atoms with Crippen LogP contribution in [0.25, 0.3) is 0 Å². The average molecular weight is 338 g/mol. The highest BCUT2D eigenvalue weighted by Gasteiger charge is 2.48. The Labute approximate surface area is 133 Å². The van der Waals surface area contributed by atoms with E-state index in [1.165, 1.54) is 0 Å². The molecule has 136 valence electrons. The second-order valence-corrected chi connectivity index (χ2v) is 6.01. The molecule has 2 rings (SSSR count). The first-order valence-corrected chi connectivity index (χ1v) is 7.55. The lowest BCUT2D eigenvalue weighted by Crippen LogP contribution is -2.67. The third-order valence-electron chi connectivity index (χ3n) is 4.43. The standard InChI is InChI=1S/C13H26N2O8/c1-4-7(14)11(20)12(6(3-17)21-4)23-13-8(15)10(19)9(18)5(2-16)22-13/h4-13,16-20H,2-3,14-15H2,1H3. The number of aliphatic hydroxyl groups is 5. The predicted molar refractivity (Wildman–Crippen MR) is 76.0 cm³/mol. The highest BCUT2D eigenvalue weighted by Crippen LogP contribution is 2.27. The molecule has 10 heteroatoms. The Morgan fingerprint density at radius 3 is 2.04 bits per heavy atom. The molecule has 0 bridgehead atoms. The zero-order chi connectivity index (χ0) is 17.3. The van der Waals surface area contributed by atoms with Gasteiger partial charge < -0.3 is 51.2 Å². The molecule has 10 unspecified atom stereocenters. The smallest absolute Gasteiger partial charge is 0.176 e. The molecule has 2 heterocycles. The van der Waals surface area contributed by atoms with Crippen molar-refractivity contribution in [2.75, 3.05) is 13.2 Å². The second kappa shape index (κ2) is 7.66. The number of ether oxygens (including phenoxy) is 3. The summed E-state index contributed by atoms with van der Waals surface area (Å²) in [7, 11) is 0. The molecule has 0 spiro atoms. The molecule has 10 atom stereocenters. The SMILES string of the molecule is CC1OC(CO)C(OC2OC(CO)C(O)C(O)C2N)C(O)C1N. The monoisotopic (exact) mass is 338 g/mol. The summed E-state index contributed by atoms with van der Waals surface area (Å²) in [5.41, 5.74) is 11.6. The van der Waals surface area contributed by atoms with E-state index in [2.05, 4.69) is 0 Å². The molecule has 0 aromatic rings. The topological polar surface area (TPSA) is 181 Å². The van der Waals surface area contributed by atoms with Gasteiger partial charge >= 0.3 is 0 Å². The Bertz CT molecular complexity index is 385. The predicted octanol–water partition coefficient (Wildman–Crippen LogP) is -4.39. The van der Waals surface area contributed by atoms with E-state index < -0.39 is 74.3 Å². The van der Waals surface area contributed by atoms with E-state index in [9.17, 15) is 25.5 Å². The van der Waals surface area contributed by atoms with Crippen molar-refractivity contribution in [2.24, 2.45) is 11.5 Å². The summed E-state index contributed by atoms with van der Waals surface area (Å²) in [6.07, 6.45) is -8.58. The minimum atomic E-state index is -1.38. The van der Waals surface area contributed by atoms with Crippen LogP contribution in [0.1, 0.15) is 6.92 Å². The van der Waals surface area contributed by atoms with Crippen LogP contribution in [-0.2, 0) is 14.2 Å². The van der Waals surface area contributed by atoms with Crippen LogP contribution in [0.5, 0.6) is 0 Å². The van der Waals surface area contributed by atoms with Crippen molar-refractivity contribution in [1.82, 2.24) is 0 Å². The molecule has 2 saturated heterocycles. The minimum Gasteiger partial charge on any atom is -0.394 e. The van der Waals surface area contributed by atoms with Gasteiger partial charge in [0.2, 0.25) is 0 Å². The van der Waals surface area contributed by atoms with Gasteiger partial charge in [-0.25, -0.2) is 0 Å². The number of hydrogen-bond donors (Lipinski definition) is 7. The molecule has 0 aliphatic carbocycles. The van der Waals surface area contributed by atoms with Crippen molar-refractivity contribution < 1.29 is 39.7 Å². The van der Waals surface area contributed by atoms with Gasteiger partial charge in [0.25, 0.3) is 0 Å². The minimum absolute atomic E-state index is 0.421. The van der Waals surface area contributed by atoms with Crippen molar-refractivity contribution in [2.45, 2.75) is 68.0 Å². The van der Waals surface area contributed by atoms with E-state index >= 15 is 0 Å². The molecule has 10 nitrogen and oxygen atoms in total. The van der Waals surface area contributed by atoms with E-state index in [1.807, 2.05) is 0 Å². The van der Waals surface area contributed by atoms with Gasteiger partial charge in [-0.2, -0.15) is 0 Å². The number of nitrogens with two attached hydrogens (primary N) is 2. The van der Waals surface area contributed by atoms with Crippen LogP contribution in [0.4, 0.5) is 0 Å². The van der Waals surface area contributed by atoms with E-state index in [1.54, 1.807) is 6.92 Å². The van der Waals surface area contributed by atoms with E-state index in [0.29, 0.717) is 0 Å². The third kappa shape index (κ3) is 3.66. The number of rotatable bonds is 4. The first-order chi connectivity index (χ1) is 10.8. The van der Waals surface area contributed by atoms with Gasteiger partial charge in [-0.3, -0.25) is 0 Å². The van der Waals surface area contributed by atoms with Crippen LogP contribution in [0, 0.1) is 0 Å². The molecule has 0 aromatic heterocycles. The average Bonchev–Trinajstić information content (AvgIpc) is 2.55. The zero-order valence-corrected chi connectivity index (χ0v) is 12.8. The Balaban J connectivity index is 2.11. The van der Waals surface area contributed by atoms with Crippen LogP contribution in [-0.4, -0.2) is 99.8 Å². The van der Waals surface area contributed by atoms with Crippen molar-refractivity contribution >= 4 is 0 Å². The van der Waals surface area contributed by atoms with Crippen molar-refractivity contribution in [3.63, 3.8) is 0 Å². The highest BCUT2D eigenvalue weighted by molar-refractivity contribution is 4.96. The fourth-order valence-corrected chi connectivity index (χ4v) is 2.86. The normalized spacial score (nSPS) is 51.7. The van der Waals surface area contributed by atoms with Gasteiger partial charge in [-0.1, -0.05) is 0 Å². The van der Waals surface area contributed by atoms with Gasteiger partial charge in [-0.05, 0) is 6.92 Å². The maximum absolute atomic E-state index is 10.3. The molecule has 2 fully saturated rings. The van der Waals surface area contributed by atoms with E-state index in [4.69, 9.17) is 25.7 Å². The molecule has 0 amide bonds. The lowest BCUT2D eigenvalue weighted by molar-refractivity contribution is -0.310. The summed E-state index contributed by atoms with van der Waals surface area (Å²) < 4.78 is 16.4. The molecule has 0 radical (unpaired) electrons. The van der Waals surface area contributed by atoms with Crippen molar-refractivity contribution in [3.8, 4) is 0 Å². The summed E-state index contributed by atoms with van der Waals surface area (Å²) in [5.74, 6) is 0. The first kappa shape index (κ1) is 18.9. The van der Waals surface area contributed by atoms with E-state index in [0.717, 1.165) is 0 Å². The van der Waals surface area contributed by atoms with Crippen molar-refractivity contribution in [1.29, 1.82) is 0 Å².